The molecule has 1 aromatic heterocycles. The molecule has 0 saturated heterocycles. The van der Waals surface area contributed by atoms with E-state index in [-0.39, 0.29) is 11.7 Å². The van der Waals surface area contributed by atoms with Gasteiger partial charge in [-0.15, -0.1) is 6.58 Å². The lowest BCUT2D eigenvalue weighted by molar-refractivity contribution is -0.128. The van der Waals surface area contributed by atoms with Crippen molar-refractivity contribution in [2.45, 2.75) is 25.9 Å². The quantitative estimate of drug-likeness (QED) is 0.452. The number of pyridine rings is 1. The fraction of sp³-hybridized carbons (Fsp3) is 0.192. The summed E-state index contributed by atoms with van der Waals surface area (Å²) in [5, 5.41) is 12.9. The van der Waals surface area contributed by atoms with Crippen LogP contribution in [0.2, 0.25) is 0 Å². The van der Waals surface area contributed by atoms with Crippen molar-refractivity contribution in [3.8, 4) is 5.75 Å². The number of aromatic nitrogens is 1. The van der Waals surface area contributed by atoms with Crippen LogP contribution in [0.3, 0.4) is 0 Å². The van der Waals surface area contributed by atoms with Gasteiger partial charge in [-0.2, -0.15) is 0 Å². The minimum Gasteiger partial charge on any atom is -0.508 e. The van der Waals surface area contributed by atoms with E-state index in [1.54, 1.807) is 25.1 Å². The van der Waals surface area contributed by atoms with Crippen LogP contribution in [-0.2, 0) is 16.0 Å². The zero-order chi connectivity index (χ0) is 22.7. The van der Waals surface area contributed by atoms with Crippen LogP contribution in [0.5, 0.6) is 5.75 Å². The van der Waals surface area contributed by atoms with Crippen LogP contribution in [0.1, 0.15) is 40.5 Å². The fourth-order valence-corrected chi connectivity index (χ4v) is 3.87. The van der Waals surface area contributed by atoms with Gasteiger partial charge in [-0.3, -0.25) is 4.79 Å². The third-order valence-corrected chi connectivity index (χ3v) is 5.45. The number of benzene rings is 2. The van der Waals surface area contributed by atoms with E-state index >= 15 is 0 Å². The molecule has 1 amide bonds. The molecule has 1 unspecified atom stereocenters. The van der Waals surface area contributed by atoms with Crippen LogP contribution >= 0.6 is 0 Å². The lowest BCUT2D eigenvalue weighted by Gasteiger charge is -2.16. The first-order valence-corrected chi connectivity index (χ1v) is 10.5. The Morgan fingerprint density at radius 3 is 2.69 bits per heavy atom. The molecule has 162 valence electrons. The number of nitrogens with zero attached hydrogens (tertiary/aromatic N) is 1. The maximum Gasteiger partial charge on any atom is 0.339 e. The predicted octanol–water partition coefficient (Wildman–Crippen LogP) is 4.27. The molecule has 1 heterocycles. The molecule has 0 bridgehead atoms. The number of ether oxygens (including phenoxy) is 1. The molecule has 1 aliphatic carbocycles. The first-order chi connectivity index (χ1) is 15.5. The number of carbonyl (C=O) groups excluding carboxylic acids is 2. The molecule has 6 heteroatoms. The largest absolute Gasteiger partial charge is 0.508 e. The topological polar surface area (TPSA) is 88.5 Å². The van der Waals surface area contributed by atoms with E-state index in [2.05, 4.69) is 11.9 Å². The highest BCUT2D eigenvalue weighted by molar-refractivity contribution is 6.07. The van der Waals surface area contributed by atoms with Crippen LogP contribution in [0, 0.1) is 0 Å². The standard InChI is InChI=1S/C26H24N2O4/c1-3-14-27-25(30)16(2)32-26(31)23-20-6-4-5-7-22(20)28-24-18(10-13-21(23)24)15-17-8-11-19(29)12-9-17/h3-9,11-12,15-16,29H,1,10,13-14H2,2H3,(H,27,30)/b18-15-. The van der Waals surface area contributed by atoms with Crippen LogP contribution in [0.15, 0.2) is 61.2 Å². The minimum absolute atomic E-state index is 0.208. The summed E-state index contributed by atoms with van der Waals surface area (Å²) in [6.07, 6.45) is 4.04. The minimum atomic E-state index is -0.932. The van der Waals surface area contributed by atoms with E-state index < -0.39 is 12.1 Å². The molecular formula is C26H24N2O4. The van der Waals surface area contributed by atoms with Crippen molar-refractivity contribution in [1.82, 2.24) is 10.3 Å². The second kappa shape index (κ2) is 9.06. The SMILES string of the molecule is C=CCNC(=O)C(C)OC(=O)c1c2c(nc3ccccc13)/C(=C\c1ccc(O)cc1)CC2. The van der Waals surface area contributed by atoms with Gasteiger partial charge in [-0.05, 0) is 60.7 Å². The summed E-state index contributed by atoms with van der Waals surface area (Å²) in [6.45, 7) is 5.43. The average Bonchev–Trinajstić information content (AvgIpc) is 3.19. The Morgan fingerprint density at radius 2 is 1.94 bits per heavy atom. The number of esters is 1. The summed E-state index contributed by atoms with van der Waals surface area (Å²) in [5.41, 5.74) is 4.72. The van der Waals surface area contributed by atoms with Crippen molar-refractivity contribution in [2.24, 2.45) is 0 Å². The van der Waals surface area contributed by atoms with E-state index in [0.29, 0.717) is 29.4 Å². The van der Waals surface area contributed by atoms with Gasteiger partial charge in [0.25, 0.3) is 5.91 Å². The molecular weight excluding hydrogens is 404 g/mol. The van der Waals surface area contributed by atoms with E-state index in [1.165, 1.54) is 0 Å². The molecule has 2 aromatic carbocycles. The van der Waals surface area contributed by atoms with Gasteiger partial charge in [0.2, 0.25) is 0 Å². The Balaban J connectivity index is 1.73. The number of nitrogens with one attached hydrogen (secondary N) is 1. The van der Waals surface area contributed by atoms with E-state index in [9.17, 15) is 14.7 Å². The summed E-state index contributed by atoms with van der Waals surface area (Å²) < 4.78 is 5.54. The molecule has 2 N–H and O–H groups in total. The van der Waals surface area contributed by atoms with Gasteiger partial charge in [0.15, 0.2) is 6.10 Å². The molecule has 1 aliphatic rings. The second-order valence-corrected chi connectivity index (χ2v) is 7.67. The number of amides is 1. The molecule has 4 rings (SSSR count). The molecule has 1 atom stereocenters. The maximum atomic E-state index is 13.2. The van der Waals surface area contributed by atoms with Crippen molar-refractivity contribution in [1.29, 1.82) is 0 Å². The molecule has 6 nitrogen and oxygen atoms in total. The average molecular weight is 428 g/mol. The first-order valence-electron chi connectivity index (χ1n) is 10.5. The predicted molar refractivity (Wildman–Crippen MR) is 124 cm³/mol. The highest BCUT2D eigenvalue weighted by atomic mass is 16.5. The maximum absolute atomic E-state index is 13.2. The lowest BCUT2D eigenvalue weighted by atomic mass is 10.0. The number of aromatic hydroxyl groups is 1. The van der Waals surface area contributed by atoms with Crippen molar-refractivity contribution in [2.75, 3.05) is 6.54 Å². The van der Waals surface area contributed by atoms with Crippen LogP contribution in [0.4, 0.5) is 0 Å². The molecule has 32 heavy (non-hydrogen) atoms. The summed E-state index contributed by atoms with van der Waals surface area (Å²) in [4.78, 5) is 30.2. The molecule has 0 fully saturated rings. The van der Waals surface area contributed by atoms with Gasteiger partial charge in [0.1, 0.15) is 5.75 Å². The van der Waals surface area contributed by atoms with Gasteiger partial charge in [-0.25, -0.2) is 9.78 Å². The number of carbonyl (C=O) groups is 2. The smallest absolute Gasteiger partial charge is 0.339 e. The number of para-hydroxylation sites is 1. The van der Waals surface area contributed by atoms with Crippen molar-refractivity contribution in [3.05, 3.63) is 83.6 Å². The highest BCUT2D eigenvalue weighted by Crippen LogP contribution is 2.38. The highest BCUT2D eigenvalue weighted by Gasteiger charge is 2.29. The third kappa shape index (κ3) is 4.25. The Labute approximate surface area is 186 Å². The Hall–Kier alpha value is -3.93. The van der Waals surface area contributed by atoms with Crippen LogP contribution in [-0.4, -0.2) is 34.6 Å². The van der Waals surface area contributed by atoms with Crippen LogP contribution in [0.25, 0.3) is 22.6 Å². The third-order valence-electron chi connectivity index (χ3n) is 5.45. The Morgan fingerprint density at radius 1 is 1.19 bits per heavy atom. The normalized spacial score (nSPS) is 14.7. The zero-order valence-electron chi connectivity index (χ0n) is 17.8. The van der Waals surface area contributed by atoms with E-state index in [0.717, 1.165) is 28.8 Å². The lowest BCUT2D eigenvalue weighted by Crippen LogP contribution is -2.36. The number of rotatable bonds is 6. The van der Waals surface area contributed by atoms with E-state index in [1.807, 2.05) is 42.5 Å². The number of hydrogen-bond acceptors (Lipinski definition) is 5. The Kier molecular flexibility index (Phi) is 6.03. The van der Waals surface area contributed by atoms with E-state index in [4.69, 9.17) is 9.72 Å². The summed E-state index contributed by atoms with van der Waals surface area (Å²) in [5.74, 6) is -0.701. The van der Waals surface area contributed by atoms with Gasteiger partial charge in [0, 0.05) is 11.9 Å². The van der Waals surface area contributed by atoms with Crippen molar-refractivity contribution < 1.29 is 19.4 Å². The summed E-state index contributed by atoms with van der Waals surface area (Å²) >= 11 is 0. The molecule has 0 saturated carbocycles. The van der Waals surface area contributed by atoms with Crippen molar-refractivity contribution >= 4 is 34.4 Å². The van der Waals surface area contributed by atoms with Gasteiger partial charge in [0.05, 0.1) is 16.8 Å². The first kappa shape index (κ1) is 21.3. The molecule has 0 radical (unpaired) electrons. The zero-order valence-corrected chi connectivity index (χ0v) is 17.8. The number of allylic oxidation sites excluding steroid dienone is 1. The Bertz CT molecular complexity index is 1230. The summed E-state index contributed by atoms with van der Waals surface area (Å²) in [7, 11) is 0. The van der Waals surface area contributed by atoms with Crippen LogP contribution < -0.4 is 5.32 Å². The number of phenolic OH excluding ortho intramolecular Hbond substituents is 1. The molecule has 0 aliphatic heterocycles. The fourth-order valence-electron chi connectivity index (χ4n) is 3.87. The van der Waals surface area contributed by atoms with Gasteiger partial charge >= 0.3 is 5.97 Å². The molecule has 3 aromatic rings. The van der Waals surface area contributed by atoms with Gasteiger partial charge in [-0.1, -0.05) is 36.4 Å². The number of phenols is 1. The monoisotopic (exact) mass is 428 g/mol. The van der Waals surface area contributed by atoms with Gasteiger partial charge < -0.3 is 15.2 Å². The van der Waals surface area contributed by atoms with Crippen molar-refractivity contribution in [3.63, 3.8) is 0 Å². The second-order valence-electron chi connectivity index (χ2n) is 7.67. The molecule has 0 spiro atoms. The summed E-state index contributed by atoms with van der Waals surface area (Å²) in [6, 6.07) is 14.4. The number of fused-ring (bicyclic) bond motifs is 2. The number of hydrogen-bond donors (Lipinski definition) is 2.